The molecule has 0 fully saturated rings. The fraction of sp³-hybridized carbons (Fsp3) is 0.222. The number of carboxylic acid groups (broad SMARTS) is 1. The summed E-state index contributed by atoms with van der Waals surface area (Å²) in [6.45, 7) is 1.60. The number of nitrogens with zero attached hydrogens (tertiary/aromatic N) is 4. The number of carboxylic acids is 1. The van der Waals surface area contributed by atoms with E-state index in [0.717, 1.165) is 51.8 Å². The first kappa shape index (κ1) is 22.5. The summed E-state index contributed by atoms with van der Waals surface area (Å²) < 4.78 is 15.6. The molecule has 35 heavy (non-hydrogen) atoms. The molecule has 0 bridgehead atoms. The van der Waals surface area contributed by atoms with Gasteiger partial charge in [-0.25, -0.2) is 9.67 Å². The van der Waals surface area contributed by atoms with Gasteiger partial charge in [0.05, 0.1) is 30.8 Å². The van der Waals surface area contributed by atoms with Crippen LogP contribution in [0, 0.1) is 0 Å². The van der Waals surface area contributed by atoms with Gasteiger partial charge in [0.1, 0.15) is 24.2 Å². The number of para-hydroxylation sites is 1. The minimum absolute atomic E-state index is 0.0715. The Morgan fingerprint density at radius 1 is 0.857 bits per heavy atom. The third-order valence-electron chi connectivity index (χ3n) is 5.89. The molecule has 2 heterocycles. The molecule has 0 amide bonds. The molecule has 0 unspecified atom stereocenters. The number of aryl methyl sites for hydroxylation is 1. The number of benzene rings is 3. The van der Waals surface area contributed by atoms with Crippen molar-refractivity contribution in [2.45, 2.75) is 25.8 Å². The van der Waals surface area contributed by atoms with Crippen molar-refractivity contribution in [2.24, 2.45) is 0 Å². The predicted octanol–water partition coefficient (Wildman–Crippen LogP) is 5.09. The first-order valence-electron chi connectivity index (χ1n) is 11.6. The number of hydrogen-bond acceptors (Lipinski definition) is 5. The Bertz CT molecular complexity index is 1430. The average Bonchev–Trinajstić information content (AvgIpc) is 3.52. The van der Waals surface area contributed by atoms with Gasteiger partial charge in [-0.2, -0.15) is 5.10 Å². The van der Waals surface area contributed by atoms with Crippen LogP contribution in [0.2, 0.25) is 0 Å². The van der Waals surface area contributed by atoms with Crippen molar-refractivity contribution in [3.63, 3.8) is 0 Å². The molecule has 178 valence electrons. The maximum atomic E-state index is 11.2. The fourth-order valence-electron chi connectivity index (χ4n) is 4.19. The minimum Gasteiger partial charge on any atom is -0.494 e. The van der Waals surface area contributed by atoms with Gasteiger partial charge in [0, 0.05) is 28.9 Å². The lowest BCUT2D eigenvalue weighted by Gasteiger charge is -2.10. The van der Waals surface area contributed by atoms with E-state index in [1.54, 1.807) is 11.0 Å². The standard InChI is InChI=1S/C27H26N4O4/c32-27(33)13-14-30-25-6-2-1-5-23(25)24-12-11-22(17-26(24)30)35-16-4-3-15-34-21-9-7-20(8-10-21)31-19-28-18-29-31/h1-2,5-12,17-19H,3-4,13-16H2,(H,32,33). The van der Waals surface area contributed by atoms with Crippen LogP contribution in [0.3, 0.4) is 0 Å². The minimum atomic E-state index is -0.809. The zero-order valence-corrected chi connectivity index (χ0v) is 19.2. The molecule has 0 aliphatic rings. The number of rotatable bonds is 11. The molecule has 3 aromatic carbocycles. The van der Waals surface area contributed by atoms with Gasteiger partial charge in [-0.15, -0.1) is 0 Å². The number of hydrogen-bond donors (Lipinski definition) is 1. The van der Waals surface area contributed by atoms with Crippen molar-refractivity contribution in [1.29, 1.82) is 0 Å². The highest BCUT2D eigenvalue weighted by Gasteiger charge is 2.12. The van der Waals surface area contributed by atoms with Gasteiger partial charge >= 0.3 is 5.97 Å². The summed E-state index contributed by atoms with van der Waals surface area (Å²) in [6, 6.07) is 21.8. The third-order valence-corrected chi connectivity index (χ3v) is 5.89. The zero-order chi connectivity index (χ0) is 24.0. The van der Waals surface area contributed by atoms with Gasteiger partial charge < -0.3 is 19.1 Å². The molecule has 8 nitrogen and oxygen atoms in total. The first-order valence-corrected chi connectivity index (χ1v) is 11.6. The fourth-order valence-corrected chi connectivity index (χ4v) is 4.19. The Morgan fingerprint density at radius 2 is 1.57 bits per heavy atom. The maximum absolute atomic E-state index is 11.2. The highest BCUT2D eigenvalue weighted by molar-refractivity contribution is 6.08. The molecule has 0 saturated carbocycles. The lowest BCUT2D eigenvalue weighted by Crippen LogP contribution is -2.05. The Labute approximate surface area is 202 Å². The van der Waals surface area contributed by atoms with E-state index in [1.807, 2.05) is 54.6 Å². The third kappa shape index (κ3) is 5.11. The summed E-state index contributed by atoms with van der Waals surface area (Å²) in [7, 11) is 0. The Balaban J connectivity index is 1.15. The van der Waals surface area contributed by atoms with Crippen LogP contribution in [0.4, 0.5) is 0 Å². The predicted molar refractivity (Wildman–Crippen MR) is 133 cm³/mol. The SMILES string of the molecule is O=C(O)CCn1c2ccccc2c2ccc(OCCCCOc3ccc(-n4cncn4)cc3)cc21. The van der Waals surface area contributed by atoms with Gasteiger partial charge in [0.15, 0.2) is 0 Å². The van der Waals surface area contributed by atoms with Crippen LogP contribution in [0.15, 0.2) is 79.4 Å². The molecule has 1 N–H and O–H groups in total. The van der Waals surface area contributed by atoms with Gasteiger partial charge in [0.2, 0.25) is 0 Å². The van der Waals surface area contributed by atoms with Gasteiger partial charge in [-0.3, -0.25) is 4.79 Å². The number of carbonyl (C=O) groups is 1. The van der Waals surface area contributed by atoms with Crippen LogP contribution in [0.1, 0.15) is 19.3 Å². The molecule has 0 spiro atoms. The summed E-state index contributed by atoms with van der Waals surface area (Å²) in [4.78, 5) is 15.1. The Hall–Kier alpha value is -4.33. The number of ether oxygens (including phenoxy) is 2. The number of unbranched alkanes of at least 4 members (excludes halogenated alkanes) is 1. The van der Waals surface area contributed by atoms with Crippen molar-refractivity contribution in [1.82, 2.24) is 19.3 Å². The van der Waals surface area contributed by atoms with Crippen LogP contribution >= 0.6 is 0 Å². The van der Waals surface area contributed by atoms with E-state index in [0.29, 0.717) is 19.8 Å². The molecule has 0 atom stereocenters. The molecule has 2 aromatic heterocycles. The van der Waals surface area contributed by atoms with E-state index in [1.165, 1.54) is 6.33 Å². The van der Waals surface area contributed by atoms with Crippen molar-refractivity contribution < 1.29 is 19.4 Å². The molecule has 8 heteroatoms. The van der Waals surface area contributed by atoms with Crippen LogP contribution in [0.25, 0.3) is 27.5 Å². The molecule has 0 radical (unpaired) electrons. The molecule has 5 rings (SSSR count). The highest BCUT2D eigenvalue weighted by atomic mass is 16.5. The van der Waals surface area contributed by atoms with Gasteiger partial charge in [-0.1, -0.05) is 18.2 Å². The number of fused-ring (bicyclic) bond motifs is 3. The summed E-state index contributed by atoms with van der Waals surface area (Å²) in [5, 5.41) is 15.5. The topological polar surface area (TPSA) is 91.4 Å². The van der Waals surface area contributed by atoms with Crippen molar-refractivity contribution in [2.75, 3.05) is 13.2 Å². The van der Waals surface area contributed by atoms with E-state index in [2.05, 4.69) is 26.8 Å². The zero-order valence-electron chi connectivity index (χ0n) is 19.2. The number of aliphatic carboxylic acids is 1. The summed E-state index contributed by atoms with van der Waals surface area (Å²) in [6.07, 6.45) is 4.96. The van der Waals surface area contributed by atoms with Gasteiger partial charge in [0.25, 0.3) is 0 Å². The smallest absolute Gasteiger partial charge is 0.305 e. The quantitative estimate of drug-likeness (QED) is 0.271. The lowest BCUT2D eigenvalue weighted by molar-refractivity contribution is -0.137. The van der Waals surface area contributed by atoms with Crippen LogP contribution in [-0.2, 0) is 11.3 Å². The molecule has 0 aliphatic carbocycles. The van der Waals surface area contributed by atoms with Crippen LogP contribution in [0.5, 0.6) is 11.5 Å². The second kappa shape index (κ2) is 10.3. The van der Waals surface area contributed by atoms with Crippen LogP contribution in [-0.4, -0.2) is 43.6 Å². The molecular weight excluding hydrogens is 444 g/mol. The molecular formula is C27H26N4O4. The van der Waals surface area contributed by atoms with E-state index >= 15 is 0 Å². The second-order valence-electron chi connectivity index (χ2n) is 8.23. The lowest BCUT2D eigenvalue weighted by atomic mass is 10.1. The van der Waals surface area contributed by atoms with E-state index in [-0.39, 0.29) is 6.42 Å². The Kier molecular flexibility index (Phi) is 6.61. The largest absolute Gasteiger partial charge is 0.494 e. The van der Waals surface area contributed by atoms with Crippen LogP contribution < -0.4 is 9.47 Å². The van der Waals surface area contributed by atoms with Crippen molar-refractivity contribution in [3.05, 3.63) is 79.4 Å². The maximum Gasteiger partial charge on any atom is 0.305 e. The summed E-state index contributed by atoms with van der Waals surface area (Å²) in [5.41, 5.74) is 2.96. The average molecular weight is 471 g/mol. The van der Waals surface area contributed by atoms with Crippen molar-refractivity contribution in [3.8, 4) is 17.2 Å². The summed E-state index contributed by atoms with van der Waals surface area (Å²) >= 11 is 0. The van der Waals surface area contributed by atoms with E-state index < -0.39 is 5.97 Å². The monoisotopic (exact) mass is 470 g/mol. The summed E-state index contributed by atoms with van der Waals surface area (Å²) in [5.74, 6) is 0.785. The number of aromatic nitrogens is 4. The molecule has 0 aliphatic heterocycles. The van der Waals surface area contributed by atoms with E-state index in [4.69, 9.17) is 14.6 Å². The van der Waals surface area contributed by atoms with Crippen molar-refractivity contribution >= 4 is 27.8 Å². The molecule has 0 saturated heterocycles. The van der Waals surface area contributed by atoms with Gasteiger partial charge in [-0.05, 0) is 55.3 Å². The normalized spacial score (nSPS) is 11.2. The van der Waals surface area contributed by atoms with E-state index in [9.17, 15) is 4.79 Å². The Morgan fingerprint density at radius 3 is 2.31 bits per heavy atom. The molecule has 5 aromatic rings. The second-order valence-corrected chi connectivity index (χ2v) is 8.23. The first-order chi connectivity index (χ1) is 17.2. The highest BCUT2D eigenvalue weighted by Crippen LogP contribution is 2.32.